The number of fused-ring (bicyclic) bond motifs is 1. The molecule has 2 heterocycles. The van der Waals surface area contributed by atoms with Crippen LogP contribution in [0, 0.1) is 0 Å². The largest absolute Gasteiger partial charge is 0.383 e. The minimum atomic E-state index is -0.448. The first kappa shape index (κ1) is 22.0. The van der Waals surface area contributed by atoms with Crippen molar-refractivity contribution >= 4 is 50.3 Å². The Morgan fingerprint density at radius 1 is 1.22 bits per heavy atom. The van der Waals surface area contributed by atoms with Crippen LogP contribution in [0.15, 0.2) is 53.3 Å². The number of halogens is 1. The molecule has 4 rings (SSSR count). The summed E-state index contributed by atoms with van der Waals surface area (Å²) < 4.78 is 6.55. The van der Waals surface area contributed by atoms with Crippen molar-refractivity contribution in [1.82, 2.24) is 19.8 Å². The molecule has 10 heteroatoms. The quantitative estimate of drug-likeness (QED) is 0.558. The lowest BCUT2D eigenvalue weighted by molar-refractivity contribution is -0.148. The highest BCUT2D eigenvalue weighted by molar-refractivity contribution is 9.10. The number of hydrogen-bond acceptors (Lipinski definition) is 6. The molecule has 1 fully saturated rings. The van der Waals surface area contributed by atoms with Gasteiger partial charge in [0.1, 0.15) is 24.9 Å². The molecule has 3 amide bonds. The van der Waals surface area contributed by atoms with E-state index in [9.17, 15) is 9.59 Å². The number of carbonyl (C=O) groups excluding carboxylic acids is 2. The van der Waals surface area contributed by atoms with Crippen LogP contribution in [0.25, 0.3) is 10.9 Å². The van der Waals surface area contributed by atoms with Crippen LogP contribution in [0.2, 0.25) is 0 Å². The van der Waals surface area contributed by atoms with Crippen LogP contribution in [0.4, 0.5) is 16.3 Å². The number of carbonyl (C=O) groups is 2. The van der Waals surface area contributed by atoms with E-state index in [2.05, 4.69) is 31.2 Å². The average molecular weight is 499 g/mol. The lowest BCUT2D eigenvalue weighted by Crippen LogP contribution is -2.57. The van der Waals surface area contributed by atoms with Crippen molar-refractivity contribution in [3.63, 3.8) is 0 Å². The molecule has 1 aliphatic rings. The Morgan fingerprint density at radius 2 is 2.00 bits per heavy atom. The summed E-state index contributed by atoms with van der Waals surface area (Å²) in [7, 11) is 1.58. The van der Waals surface area contributed by atoms with E-state index in [1.165, 1.54) is 11.2 Å². The van der Waals surface area contributed by atoms with Gasteiger partial charge in [-0.2, -0.15) is 0 Å². The fraction of sp³-hybridized carbons (Fsp3) is 0.273. The first-order valence-corrected chi connectivity index (χ1v) is 10.9. The monoisotopic (exact) mass is 498 g/mol. The summed E-state index contributed by atoms with van der Waals surface area (Å²) in [6.45, 7) is 0.785. The van der Waals surface area contributed by atoms with Crippen LogP contribution in [0.1, 0.15) is 5.56 Å². The Labute approximate surface area is 193 Å². The topological polar surface area (TPSA) is 114 Å². The van der Waals surface area contributed by atoms with Crippen molar-refractivity contribution in [2.75, 3.05) is 37.8 Å². The smallest absolute Gasteiger partial charge is 0.322 e. The van der Waals surface area contributed by atoms with Gasteiger partial charge in [-0.25, -0.2) is 14.8 Å². The van der Waals surface area contributed by atoms with Crippen LogP contribution in [0.3, 0.4) is 0 Å². The lowest BCUT2D eigenvalue weighted by Gasteiger charge is -2.38. The van der Waals surface area contributed by atoms with Gasteiger partial charge in [0.05, 0.1) is 5.52 Å². The normalized spacial score (nSPS) is 15.1. The number of ether oxygens (including phenoxy) is 1. The minimum Gasteiger partial charge on any atom is -0.383 e. The number of piperazine rings is 1. The van der Waals surface area contributed by atoms with Gasteiger partial charge in [-0.15, -0.1) is 0 Å². The fourth-order valence-corrected chi connectivity index (χ4v) is 3.94. The van der Waals surface area contributed by atoms with Gasteiger partial charge in [-0.1, -0.05) is 22.0 Å². The Kier molecular flexibility index (Phi) is 6.52. The number of nitrogens with zero attached hydrogens (tertiary/aromatic N) is 4. The summed E-state index contributed by atoms with van der Waals surface area (Å²) in [5, 5.41) is 3.60. The third kappa shape index (κ3) is 4.81. The van der Waals surface area contributed by atoms with E-state index in [4.69, 9.17) is 10.5 Å². The lowest BCUT2D eigenvalue weighted by atomic mass is 10.1. The molecule has 1 atom stereocenters. The molecule has 9 nitrogen and oxygen atoms in total. The number of nitrogen functional groups attached to an aromatic ring is 1. The zero-order valence-electron chi connectivity index (χ0n) is 17.5. The van der Waals surface area contributed by atoms with Crippen LogP contribution < -0.4 is 11.1 Å². The van der Waals surface area contributed by atoms with E-state index in [0.29, 0.717) is 31.0 Å². The second-order valence-electron chi connectivity index (χ2n) is 7.45. The Balaban J connectivity index is 1.40. The van der Waals surface area contributed by atoms with Gasteiger partial charge >= 0.3 is 6.03 Å². The van der Waals surface area contributed by atoms with Gasteiger partial charge in [-0.05, 0) is 42.0 Å². The average Bonchev–Trinajstić information content (AvgIpc) is 2.79. The number of benzene rings is 2. The molecule has 1 aromatic heterocycles. The van der Waals surface area contributed by atoms with Gasteiger partial charge in [0.15, 0.2) is 0 Å². The first-order chi connectivity index (χ1) is 15.4. The van der Waals surface area contributed by atoms with Gasteiger partial charge in [0.2, 0.25) is 5.91 Å². The molecular weight excluding hydrogens is 476 g/mol. The van der Waals surface area contributed by atoms with Gasteiger partial charge in [-0.3, -0.25) is 4.79 Å². The summed E-state index contributed by atoms with van der Waals surface area (Å²) in [6, 6.07) is 12.7. The van der Waals surface area contributed by atoms with Crippen LogP contribution in [-0.2, 0) is 16.0 Å². The van der Waals surface area contributed by atoms with Crippen molar-refractivity contribution in [2.45, 2.75) is 12.6 Å². The van der Waals surface area contributed by atoms with E-state index in [-0.39, 0.29) is 18.5 Å². The van der Waals surface area contributed by atoms with E-state index in [1.807, 2.05) is 30.3 Å². The van der Waals surface area contributed by atoms with Crippen molar-refractivity contribution in [2.24, 2.45) is 0 Å². The molecular formula is C22H23BrN6O3. The van der Waals surface area contributed by atoms with Gasteiger partial charge < -0.3 is 25.6 Å². The van der Waals surface area contributed by atoms with Gasteiger partial charge in [0.25, 0.3) is 0 Å². The molecule has 1 saturated heterocycles. The number of hydrogen-bond donors (Lipinski definition) is 2. The number of aromatic nitrogens is 2. The summed E-state index contributed by atoms with van der Waals surface area (Å²) in [6.07, 6.45) is 1.47. The molecule has 166 valence electrons. The van der Waals surface area contributed by atoms with E-state index in [0.717, 1.165) is 20.9 Å². The maximum atomic E-state index is 12.8. The summed E-state index contributed by atoms with van der Waals surface area (Å²) in [4.78, 5) is 36.8. The molecule has 32 heavy (non-hydrogen) atoms. The van der Waals surface area contributed by atoms with Crippen molar-refractivity contribution < 1.29 is 14.3 Å². The number of nitrogens with two attached hydrogens (primary N) is 1. The van der Waals surface area contributed by atoms with Crippen LogP contribution in [0.5, 0.6) is 0 Å². The maximum Gasteiger partial charge on any atom is 0.322 e. The second kappa shape index (κ2) is 9.49. The molecule has 0 radical (unpaired) electrons. The third-order valence-electron chi connectivity index (χ3n) is 5.40. The SMILES string of the molecule is COC(Cc1ccc2c(N)ncnc2c1)N1CCN(C(=O)Nc2ccc(Br)cc2)CC1=O. The standard InChI is InChI=1S/C22H23BrN6O3/c1-32-20(11-14-2-7-17-18(10-14)25-13-26-21(17)24)29-9-8-28(12-19(29)30)22(31)27-16-5-3-15(23)4-6-16/h2-7,10,13,20H,8-9,11-12H2,1H3,(H,27,31)(H2,24,25,26). The van der Waals surface area contributed by atoms with E-state index < -0.39 is 6.23 Å². The molecule has 0 bridgehead atoms. The summed E-state index contributed by atoms with van der Waals surface area (Å²) in [5.41, 5.74) is 8.27. The van der Waals surface area contributed by atoms with Crippen molar-refractivity contribution in [3.05, 3.63) is 58.8 Å². The highest BCUT2D eigenvalue weighted by Gasteiger charge is 2.32. The molecule has 1 aliphatic heterocycles. The zero-order valence-corrected chi connectivity index (χ0v) is 19.1. The fourth-order valence-electron chi connectivity index (χ4n) is 3.67. The van der Waals surface area contributed by atoms with Crippen molar-refractivity contribution in [3.8, 4) is 0 Å². The number of nitrogens with one attached hydrogen (secondary N) is 1. The first-order valence-electron chi connectivity index (χ1n) is 10.1. The molecule has 3 N–H and O–H groups in total. The number of rotatable bonds is 5. The Bertz CT molecular complexity index is 1140. The van der Waals surface area contributed by atoms with Crippen LogP contribution in [-0.4, -0.2) is 64.7 Å². The number of methoxy groups -OCH3 is 1. The Morgan fingerprint density at radius 3 is 2.72 bits per heavy atom. The van der Waals surface area contributed by atoms with Crippen LogP contribution >= 0.6 is 15.9 Å². The summed E-state index contributed by atoms with van der Waals surface area (Å²) >= 11 is 3.36. The molecule has 1 unspecified atom stereocenters. The minimum absolute atomic E-state index is 0.0102. The highest BCUT2D eigenvalue weighted by atomic mass is 79.9. The molecule has 0 aliphatic carbocycles. The highest BCUT2D eigenvalue weighted by Crippen LogP contribution is 2.21. The number of urea groups is 1. The third-order valence-corrected chi connectivity index (χ3v) is 5.93. The molecule has 0 spiro atoms. The summed E-state index contributed by atoms with van der Waals surface area (Å²) in [5.74, 6) is 0.263. The van der Waals surface area contributed by atoms with E-state index >= 15 is 0 Å². The predicted octanol–water partition coefficient (Wildman–Crippen LogP) is 2.87. The number of amides is 3. The predicted molar refractivity (Wildman–Crippen MR) is 125 cm³/mol. The molecule has 0 saturated carbocycles. The van der Waals surface area contributed by atoms with E-state index in [1.54, 1.807) is 24.1 Å². The maximum absolute atomic E-state index is 12.8. The number of anilines is 2. The molecule has 3 aromatic rings. The van der Waals surface area contributed by atoms with Crippen molar-refractivity contribution in [1.29, 1.82) is 0 Å². The zero-order chi connectivity index (χ0) is 22.7. The van der Waals surface area contributed by atoms with Gasteiger partial charge in [0, 0.05) is 42.2 Å². The molecule has 2 aromatic carbocycles. The Hall–Kier alpha value is -3.24. The second-order valence-corrected chi connectivity index (χ2v) is 8.37.